The second kappa shape index (κ2) is 7.72. The van der Waals surface area contributed by atoms with Gasteiger partial charge in [-0.1, -0.05) is 30.3 Å². The Hall–Kier alpha value is -2.98. The lowest BCUT2D eigenvalue weighted by atomic mass is 10.0. The van der Waals surface area contributed by atoms with Crippen LogP contribution in [0.1, 0.15) is 11.1 Å². The van der Waals surface area contributed by atoms with Gasteiger partial charge in [-0.15, -0.1) is 0 Å². The van der Waals surface area contributed by atoms with Crippen LogP contribution in [0.4, 0.5) is 0 Å². The van der Waals surface area contributed by atoms with Crippen LogP contribution in [0, 0.1) is 6.92 Å². The molecule has 1 aliphatic heterocycles. The van der Waals surface area contributed by atoms with Gasteiger partial charge in [-0.3, -0.25) is 0 Å². The maximum absolute atomic E-state index is 9.42. The molecule has 0 amide bonds. The molecule has 4 heteroatoms. The Kier molecular flexibility index (Phi) is 4.99. The molecule has 1 fully saturated rings. The second-order valence-corrected chi connectivity index (χ2v) is 6.73. The Balaban J connectivity index is 1.36. The molecule has 0 radical (unpaired) electrons. The number of hydrogen-bond acceptors (Lipinski definition) is 4. The van der Waals surface area contributed by atoms with Crippen molar-refractivity contribution < 1.29 is 19.3 Å². The molecule has 4 nitrogen and oxygen atoms in total. The van der Waals surface area contributed by atoms with E-state index in [2.05, 4.69) is 6.07 Å². The maximum atomic E-state index is 9.42. The van der Waals surface area contributed by atoms with Crippen molar-refractivity contribution in [3.05, 3.63) is 77.9 Å². The molecule has 3 aromatic rings. The largest absolute Gasteiger partial charge is 0.508 e. The van der Waals surface area contributed by atoms with Crippen molar-refractivity contribution in [2.45, 2.75) is 19.6 Å². The highest BCUT2D eigenvalue weighted by molar-refractivity contribution is 5.66. The summed E-state index contributed by atoms with van der Waals surface area (Å²) in [4.78, 5) is 0. The molecule has 1 heterocycles. The third kappa shape index (κ3) is 4.60. The highest BCUT2D eigenvalue weighted by atomic mass is 16.6. The molecule has 0 saturated carbocycles. The van der Waals surface area contributed by atoms with Gasteiger partial charge in [-0.2, -0.15) is 0 Å². The van der Waals surface area contributed by atoms with E-state index in [0.29, 0.717) is 13.2 Å². The lowest BCUT2D eigenvalue weighted by molar-refractivity contribution is 0.262. The summed E-state index contributed by atoms with van der Waals surface area (Å²) in [7, 11) is 0. The predicted octanol–water partition coefficient (Wildman–Crippen LogP) is 4.72. The summed E-state index contributed by atoms with van der Waals surface area (Å²) >= 11 is 0. The molecule has 3 aromatic carbocycles. The molecule has 138 valence electrons. The molecule has 27 heavy (non-hydrogen) atoms. The minimum atomic E-state index is 0.264. The van der Waals surface area contributed by atoms with Crippen molar-refractivity contribution in [3.63, 3.8) is 0 Å². The van der Waals surface area contributed by atoms with Gasteiger partial charge >= 0.3 is 0 Å². The molecule has 1 unspecified atom stereocenters. The summed E-state index contributed by atoms with van der Waals surface area (Å²) in [5, 5.41) is 9.42. The van der Waals surface area contributed by atoms with E-state index >= 15 is 0 Å². The number of phenols is 1. The van der Waals surface area contributed by atoms with E-state index in [1.54, 1.807) is 12.1 Å². The number of benzene rings is 3. The van der Waals surface area contributed by atoms with Crippen molar-refractivity contribution >= 4 is 0 Å². The Bertz CT molecular complexity index is 897. The zero-order valence-corrected chi connectivity index (χ0v) is 15.2. The van der Waals surface area contributed by atoms with Crippen molar-refractivity contribution in [3.8, 4) is 28.4 Å². The SMILES string of the molecule is Cc1cc(-c2ccc(O)cc2)ccc1OCc1ccc(OCC2CO2)cc1. The molecule has 0 bridgehead atoms. The minimum absolute atomic E-state index is 0.264. The number of phenolic OH excluding ortho intramolecular Hbond substituents is 1. The number of hydrogen-bond donors (Lipinski definition) is 1. The van der Waals surface area contributed by atoms with Crippen LogP contribution in [0.3, 0.4) is 0 Å². The summed E-state index contributed by atoms with van der Waals surface area (Å²) in [5.41, 5.74) is 4.33. The zero-order chi connectivity index (χ0) is 18.6. The van der Waals surface area contributed by atoms with Gasteiger partial charge in [0.1, 0.15) is 36.6 Å². The molecule has 0 aromatic heterocycles. The van der Waals surface area contributed by atoms with Crippen LogP contribution >= 0.6 is 0 Å². The van der Waals surface area contributed by atoms with Gasteiger partial charge in [0.15, 0.2) is 0 Å². The number of aromatic hydroxyl groups is 1. The highest BCUT2D eigenvalue weighted by Crippen LogP contribution is 2.28. The van der Waals surface area contributed by atoms with Gasteiger partial charge in [0, 0.05) is 0 Å². The Labute approximate surface area is 158 Å². The lowest BCUT2D eigenvalue weighted by Gasteiger charge is -2.12. The average Bonchev–Trinajstić information content (AvgIpc) is 3.51. The van der Waals surface area contributed by atoms with Gasteiger partial charge in [-0.05, 0) is 65.6 Å². The van der Waals surface area contributed by atoms with Crippen LogP contribution in [0.25, 0.3) is 11.1 Å². The zero-order valence-electron chi connectivity index (χ0n) is 15.2. The van der Waals surface area contributed by atoms with Crippen LogP contribution < -0.4 is 9.47 Å². The van der Waals surface area contributed by atoms with E-state index in [9.17, 15) is 5.11 Å². The van der Waals surface area contributed by atoms with E-state index in [1.807, 2.05) is 55.5 Å². The molecule has 1 N–H and O–H groups in total. The minimum Gasteiger partial charge on any atom is -0.508 e. The number of rotatable bonds is 7. The smallest absolute Gasteiger partial charge is 0.122 e. The van der Waals surface area contributed by atoms with Crippen molar-refractivity contribution in [2.24, 2.45) is 0 Å². The van der Waals surface area contributed by atoms with E-state index in [-0.39, 0.29) is 11.9 Å². The first-order valence-electron chi connectivity index (χ1n) is 9.03. The predicted molar refractivity (Wildman–Crippen MR) is 104 cm³/mol. The number of epoxide rings is 1. The normalized spacial score (nSPS) is 15.4. The molecule has 0 spiro atoms. The fourth-order valence-corrected chi connectivity index (χ4v) is 2.84. The summed E-state index contributed by atoms with van der Waals surface area (Å²) in [6, 6.07) is 21.3. The van der Waals surface area contributed by atoms with Crippen molar-refractivity contribution in [1.82, 2.24) is 0 Å². The van der Waals surface area contributed by atoms with Crippen LogP contribution in [0.2, 0.25) is 0 Å². The van der Waals surface area contributed by atoms with Crippen molar-refractivity contribution in [2.75, 3.05) is 13.2 Å². The molecule has 1 saturated heterocycles. The Morgan fingerprint density at radius 1 is 0.926 bits per heavy atom. The van der Waals surface area contributed by atoms with E-state index in [4.69, 9.17) is 14.2 Å². The first-order chi connectivity index (χ1) is 13.2. The first-order valence-corrected chi connectivity index (χ1v) is 9.03. The van der Waals surface area contributed by atoms with Gasteiger partial charge in [0.05, 0.1) is 6.61 Å². The molecule has 1 atom stereocenters. The standard InChI is InChI=1S/C23H22O4/c1-16-12-19(18-4-7-20(24)8-5-18)6-11-23(16)27-13-17-2-9-21(10-3-17)25-14-22-15-26-22/h2-12,22,24H,13-15H2,1H3. The van der Waals surface area contributed by atoms with E-state index < -0.39 is 0 Å². The quantitative estimate of drug-likeness (QED) is 0.618. The average molecular weight is 362 g/mol. The van der Waals surface area contributed by atoms with Gasteiger partial charge < -0.3 is 19.3 Å². The maximum Gasteiger partial charge on any atom is 0.122 e. The topological polar surface area (TPSA) is 51.2 Å². The molecular formula is C23H22O4. The van der Waals surface area contributed by atoms with Gasteiger partial charge in [-0.25, -0.2) is 0 Å². The summed E-state index contributed by atoms with van der Waals surface area (Å²) in [6.07, 6.45) is 0.264. The van der Waals surface area contributed by atoms with Crippen LogP contribution in [-0.2, 0) is 11.3 Å². The highest BCUT2D eigenvalue weighted by Gasteiger charge is 2.22. The first kappa shape index (κ1) is 17.4. The second-order valence-electron chi connectivity index (χ2n) is 6.73. The summed E-state index contributed by atoms with van der Waals surface area (Å²) in [6.45, 7) is 3.96. The van der Waals surface area contributed by atoms with Gasteiger partial charge in [0.2, 0.25) is 0 Å². The van der Waals surface area contributed by atoms with Crippen LogP contribution in [-0.4, -0.2) is 24.4 Å². The molecular weight excluding hydrogens is 340 g/mol. The molecule has 0 aliphatic carbocycles. The number of ether oxygens (including phenoxy) is 3. The monoisotopic (exact) mass is 362 g/mol. The van der Waals surface area contributed by atoms with E-state index in [0.717, 1.165) is 40.4 Å². The summed E-state index contributed by atoms with van der Waals surface area (Å²) < 4.78 is 16.8. The van der Waals surface area contributed by atoms with Gasteiger partial charge in [0.25, 0.3) is 0 Å². The molecule has 1 aliphatic rings. The van der Waals surface area contributed by atoms with Crippen molar-refractivity contribution in [1.29, 1.82) is 0 Å². The van der Waals surface area contributed by atoms with E-state index in [1.165, 1.54) is 0 Å². The third-order valence-corrected chi connectivity index (χ3v) is 4.53. The fourth-order valence-electron chi connectivity index (χ4n) is 2.84. The summed E-state index contributed by atoms with van der Waals surface area (Å²) in [5.74, 6) is 1.99. The Morgan fingerprint density at radius 3 is 2.30 bits per heavy atom. The fraction of sp³-hybridized carbons (Fsp3) is 0.217. The van der Waals surface area contributed by atoms with Crippen LogP contribution in [0.5, 0.6) is 17.2 Å². The Morgan fingerprint density at radius 2 is 1.63 bits per heavy atom. The number of aryl methyl sites for hydroxylation is 1. The third-order valence-electron chi connectivity index (χ3n) is 4.53. The van der Waals surface area contributed by atoms with Crippen LogP contribution in [0.15, 0.2) is 66.7 Å². The molecule has 4 rings (SSSR count). The lowest BCUT2D eigenvalue weighted by Crippen LogP contribution is -2.04.